The molecule has 4 saturated carbocycles. The lowest BCUT2D eigenvalue weighted by molar-refractivity contribution is -0.850. The Morgan fingerprint density at radius 3 is 2.34 bits per heavy atom. The van der Waals surface area contributed by atoms with E-state index < -0.39 is 35.8 Å². The molecule has 5 aliphatic rings. The zero-order valence-corrected chi connectivity index (χ0v) is 29.9. The van der Waals surface area contributed by atoms with E-state index in [-0.39, 0.29) is 69.9 Å². The van der Waals surface area contributed by atoms with Gasteiger partial charge in [0.25, 0.3) is 0 Å². The Morgan fingerprint density at radius 2 is 1.72 bits per heavy atom. The molecule has 0 saturated heterocycles. The summed E-state index contributed by atoms with van der Waals surface area (Å²) in [6.07, 6.45) is 8.20. The SMILES string of the molecule is C=C(C(=O)[C@H](OC(C)=O)[C@@H](C)[C@H]1[C@@H](OC(C)=O)C[C@@]2(C)C3CCC4[C@H](C)C(=O)C=C[C@@]45C[C@@]35CC[C@]12C)[C@@H](C)COC(=O)C[NH+](C)C. The molecule has 5 rings (SSSR count). The van der Waals surface area contributed by atoms with Gasteiger partial charge in [-0.3, -0.25) is 19.2 Å². The van der Waals surface area contributed by atoms with Crippen LogP contribution < -0.4 is 4.90 Å². The molecule has 0 aromatic rings. The molecule has 0 aliphatic heterocycles. The van der Waals surface area contributed by atoms with Crippen molar-refractivity contribution >= 4 is 29.5 Å². The van der Waals surface area contributed by atoms with E-state index in [9.17, 15) is 24.0 Å². The van der Waals surface area contributed by atoms with Crippen LogP contribution in [0.1, 0.15) is 87.0 Å². The van der Waals surface area contributed by atoms with Crippen molar-refractivity contribution in [2.75, 3.05) is 27.2 Å². The lowest BCUT2D eigenvalue weighted by Crippen LogP contribution is -3.06. The molecule has 4 fully saturated rings. The van der Waals surface area contributed by atoms with Crippen LogP contribution in [-0.2, 0) is 38.2 Å². The Kier molecular flexibility index (Phi) is 9.26. The van der Waals surface area contributed by atoms with E-state index in [4.69, 9.17) is 14.2 Å². The summed E-state index contributed by atoms with van der Waals surface area (Å²) in [5.74, 6) is -1.87. The van der Waals surface area contributed by atoms with Crippen molar-refractivity contribution in [1.82, 2.24) is 0 Å². The lowest BCUT2D eigenvalue weighted by Gasteiger charge is -2.61. The highest BCUT2D eigenvalue weighted by atomic mass is 16.6. The summed E-state index contributed by atoms with van der Waals surface area (Å²) in [4.78, 5) is 65.0. The number of esters is 3. The van der Waals surface area contributed by atoms with Gasteiger partial charge < -0.3 is 19.1 Å². The van der Waals surface area contributed by atoms with Gasteiger partial charge in [0.1, 0.15) is 6.10 Å². The number of hydrogen-bond donors (Lipinski definition) is 1. The maximum absolute atomic E-state index is 14.1. The lowest BCUT2D eigenvalue weighted by atomic mass is 9.43. The number of Topliss-reactive ketones (excluding diaryl/α,β-unsaturated/α-hetero) is 1. The summed E-state index contributed by atoms with van der Waals surface area (Å²) in [6.45, 7) is 17.5. The molecule has 12 atom stereocenters. The predicted octanol–water partition coefficient (Wildman–Crippen LogP) is 3.94. The molecule has 0 radical (unpaired) electrons. The number of rotatable bonds is 11. The Hall–Kier alpha value is -2.81. The molecule has 0 heterocycles. The van der Waals surface area contributed by atoms with Gasteiger partial charge in [0.2, 0.25) is 0 Å². The second kappa shape index (κ2) is 12.3. The first kappa shape index (κ1) is 35.5. The monoisotopic (exact) mass is 654 g/mol. The minimum Gasteiger partial charge on any atom is -0.462 e. The van der Waals surface area contributed by atoms with Gasteiger partial charge in [-0.15, -0.1) is 0 Å². The summed E-state index contributed by atoms with van der Waals surface area (Å²) in [7, 11) is 3.70. The Morgan fingerprint density at radius 1 is 1.04 bits per heavy atom. The van der Waals surface area contributed by atoms with E-state index in [2.05, 4.69) is 33.4 Å². The van der Waals surface area contributed by atoms with E-state index in [0.717, 1.165) is 37.0 Å². The zero-order chi connectivity index (χ0) is 34.9. The number of ether oxygens (including phenoxy) is 3. The fourth-order valence-electron chi connectivity index (χ4n) is 11.5. The molecule has 5 aliphatic carbocycles. The van der Waals surface area contributed by atoms with Gasteiger partial charge >= 0.3 is 17.9 Å². The number of ketones is 2. The van der Waals surface area contributed by atoms with Gasteiger partial charge in [0.05, 0.1) is 20.7 Å². The molecule has 2 unspecified atom stereocenters. The first-order valence-corrected chi connectivity index (χ1v) is 17.6. The van der Waals surface area contributed by atoms with Crippen molar-refractivity contribution in [2.24, 2.45) is 57.2 Å². The van der Waals surface area contributed by atoms with E-state index in [1.807, 2.05) is 27.1 Å². The number of hydrogen-bond acceptors (Lipinski definition) is 8. The first-order valence-electron chi connectivity index (χ1n) is 17.6. The Labute approximate surface area is 280 Å². The van der Waals surface area contributed by atoms with E-state index in [1.165, 1.54) is 13.8 Å². The van der Waals surface area contributed by atoms with E-state index >= 15 is 0 Å². The van der Waals surface area contributed by atoms with Crippen LogP contribution in [0.4, 0.5) is 0 Å². The number of allylic oxidation sites excluding steroid dienone is 2. The van der Waals surface area contributed by atoms with Crippen molar-refractivity contribution in [1.29, 1.82) is 0 Å². The number of carbonyl (C=O) groups excluding carboxylic acids is 5. The van der Waals surface area contributed by atoms with Crippen molar-refractivity contribution in [3.8, 4) is 0 Å². The standard InChI is InChI=1S/C38H55NO8/c1-21(19-45-31(43)18-39(9)10)22(2)33(44)34(47-26(6)41)24(4)32-29(46-25(5)40)17-36(8)30-12-11-27-23(3)28(42)13-14-37(27)20-38(30,37)16-15-35(32,36)7/h13-14,21,23-24,27,29-30,32,34H,2,11-12,15-20H2,1,3-10H3/p+1/t21-,23-,24-,27?,29-,30?,32-,34+,35+,36-,37+,38-/m0/s1. The van der Waals surface area contributed by atoms with Gasteiger partial charge in [-0.05, 0) is 83.7 Å². The number of carbonyl (C=O) groups is 5. The van der Waals surface area contributed by atoms with E-state index in [1.54, 1.807) is 6.92 Å². The average molecular weight is 655 g/mol. The summed E-state index contributed by atoms with van der Waals surface area (Å²) < 4.78 is 17.4. The molecule has 0 amide bonds. The third-order valence-electron chi connectivity index (χ3n) is 13.8. The fraction of sp³-hybridized carbons (Fsp3) is 0.763. The quantitative estimate of drug-likeness (QED) is 0.202. The molecule has 0 aromatic carbocycles. The molecule has 260 valence electrons. The number of likely N-dealkylation sites (N-methyl/N-ethyl adjacent to an activating group) is 1. The molecular weight excluding hydrogens is 598 g/mol. The number of quaternary nitrogens is 1. The second-order valence-electron chi connectivity index (χ2n) is 16.6. The van der Waals surface area contributed by atoms with Crippen LogP contribution >= 0.6 is 0 Å². The van der Waals surface area contributed by atoms with Gasteiger partial charge in [0.15, 0.2) is 24.2 Å². The maximum Gasteiger partial charge on any atom is 0.361 e. The summed E-state index contributed by atoms with van der Waals surface area (Å²) in [5, 5.41) is 0. The third-order valence-corrected chi connectivity index (χ3v) is 13.8. The minimum absolute atomic E-state index is 0.00167. The summed E-state index contributed by atoms with van der Waals surface area (Å²) >= 11 is 0. The Balaban J connectivity index is 1.45. The van der Waals surface area contributed by atoms with Crippen molar-refractivity contribution in [3.05, 3.63) is 24.3 Å². The maximum atomic E-state index is 14.1. The number of nitrogens with one attached hydrogen (secondary N) is 1. The summed E-state index contributed by atoms with van der Waals surface area (Å²) in [5.41, 5.74) is -0.107. The summed E-state index contributed by atoms with van der Waals surface area (Å²) in [6, 6.07) is 0. The topological polar surface area (TPSA) is 117 Å². The highest BCUT2D eigenvalue weighted by Gasteiger charge is 2.81. The van der Waals surface area contributed by atoms with Gasteiger partial charge in [0, 0.05) is 37.5 Å². The van der Waals surface area contributed by atoms with Gasteiger partial charge in [-0.2, -0.15) is 0 Å². The van der Waals surface area contributed by atoms with Gasteiger partial charge in [-0.25, -0.2) is 4.79 Å². The molecule has 9 nitrogen and oxygen atoms in total. The number of fused-ring (bicyclic) bond motifs is 2. The second-order valence-corrected chi connectivity index (χ2v) is 16.6. The van der Waals surface area contributed by atoms with Crippen molar-refractivity contribution in [2.45, 2.75) is 99.2 Å². The molecular formula is C38H56NO8+. The highest BCUT2D eigenvalue weighted by molar-refractivity contribution is 6.00. The van der Waals surface area contributed by atoms with Gasteiger partial charge in [-0.1, -0.05) is 47.3 Å². The van der Waals surface area contributed by atoms with Crippen LogP contribution in [0.3, 0.4) is 0 Å². The van der Waals surface area contributed by atoms with Crippen molar-refractivity contribution < 1.29 is 43.1 Å². The molecule has 0 bridgehead atoms. The van der Waals surface area contributed by atoms with Crippen LogP contribution in [0.2, 0.25) is 0 Å². The van der Waals surface area contributed by atoms with Crippen molar-refractivity contribution in [3.63, 3.8) is 0 Å². The molecule has 1 N–H and O–H groups in total. The van der Waals surface area contributed by atoms with Crippen LogP contribution in [-0.4, -0.2) is 68.9 Å². The van der Waals surface area contributed by atoms with Crippen LogP contribution in [0, 0.1) is 57.2 Å². The third kappa shape index (κ3) is 5.52. The zero-order valence-electron chi connectivity index (χ0n) is 29.9. The van der Waals surface area contributed by atoms with E-state index in [0.29, 0.717) is 18.3 Å². The van der Waals surface area contributed by atoms with Crippen LogP contribution in [0.25, 0.3) is 0 Å². The minimum atomic E-state index is -1.13. The predicted molar refractivity (Wildman–Crippen MR) is 175 cm³/mol. The molecule has 47 heavy (non-hydrogen) atoms. The Bertz CT molecular complexity index is 1390. The normalized spacial score (nSPS) is 40.1. The molecule has 9 heteroatoms. The van der Waals surface area contributed by atoms with Crippen LogP contribution in [0.15, 0.2) is 24.3 Å². The first-order chi connectivity index (χ1) is 21.8. The molecule has 2 spiro atoms. The largest absolute Gasteiger partial charge is 0.462 e. The molecule has 0 aromatic heterocycles. The average Bonchev–Trinajstić information content (AvgIpc) is 3.59. The van der Waals surface area contributed by atoms with Crippen LogP contribution in [0.5, 0.6) is 0 Å². The smallest absolute Gasteiger partial charge is 0.361 e. The highest BCUT2D eigenvalue weighted by Crippen LogP contribution is 2.87. The fourth-order valence-corrected chi connectivity index (χ4v) is 11.5.